The summed E-state index contributed by atoms with van der Waals surface area (Å²) in [7, 11) is 0.636. The van der Waals surface area contributed by atoms with Crippen LogP contribution in [0.15, 0.2) is 18.5 Å². The van der Waals surface area contributed by atoms with Crippen LogP contribution in [0.1, 0.15) is 64.0 Å². The maximum Gasteiger partial charge on any atom is 1.00 e. The molecule has 1 unspecified atom stereocenters. The predicted octanol–water partition coefficient (Wildman–Crippen LogP) is 4.88. The van der Waals surface area contributed by atoms with Crippen LogP contribution in [0.25, 0.3) is 11.3 Å². The number of nitrogens with two attached hydrogens (primary N) is 1. The van der Waals surface area contributed by atoms with Gasteiger partial charge in [0.1, 0.15) is 12.1 Å². The largest absolute Gasteiger partial charge is 1.00 e. The summed E-state index contributed by atoms with van der Waals surface area (Å²) in [6.45, 7) is 10.3. The first kappa shape index (κ1) is 29.8. The summed E-state index contributed by atoms with van der Waals surface area (Å²) in [6, 6.07) is 7.05. The van der Waals surface area contributed by atoms with Crippen molar-refractivity contribution in [3.63, 3.8) is 0 Å². The molecule has 2 aliphatic rings. The van der Waals surface area contributed by atoms with Crippen molar-refractivity contribution in [3.05, 3.63) is 42.6 Å². The van der Waals surface area contributed by atoms with Gasteiger partial charge in [0.05, 0.1) is 16.7 Å². The smallest absolute Gasteiger partial charge is 0.383 e. The summed E-state index contributed by atoms with van der Waals surface area (Å²) >= 11 is 0. The molecule has 1 atom stereocenters. The molecule has 4 rings (SSSR count). The van der Waals surface area contributed by atoms with Crippen LogP contribution in [-0.4, -0.2) is 27.0 Å². The van der Waals surface area contributed by atoms with Crippen molar-refractivity contribution in [2.24, 2.45) is 5.92 Å². The summed E-state index contributed by atoms with van der Waals surface area (Å²) in [4.78, 5) is 8.62. The number of hydrogen-bond acceptors (Lipinski definition) is 4. The van der Waals surface area contributed by atoms with E-state index >= 15 is 0 Å². The minimum Gasteiger partial charge on any atom is -0.383 e. The van der Waals surface area contributed by atoms with Gasteiger partial charge in [-0.05, 0) is 11.3 Å². The van der Waals surface area contributed by atoms with Gasteiger partial charge in [-0.3, -0.25) is 0 Å². The minimum absolute atomic E-state index is 0. The molecule has 2 aliphatic carbocycles. The second-order valence-electron chi connectivity index (χ2n) is 9.03. The van der Waals surface area contributed by atoms with E-state index in [-0.39, 0.29) is 56.3 Å². The number of hydrogen-bond donors (Lipinski definition) is 1. The summed E-state index contributed by atoms with van der Waals surface area (Å²) in [5.74, 6) is 1.88. The molecule has 1 heterocycles. The molecule has 0 saturated heterocycles. The number of fused-ring (bicyclic) bond motifs is 3. The first-order chi connectivity index (χ1) is 14.3. The van der Waals surface area contributed by atoms with Crippen molar-refractivity contribution in [2.75, 3.05) is 22.8 Å². The molecule has 1 fully saturated rings. The van der Waals surface area contributed by atoms with Crippen molar-refractivity contribution in [3.8, 4) is 11.3 Å². The molecular weight excluding hydrogens is 821 g/mol. The second kappa shape index (κ2) is 13.0. The quantitative estimate of drug-likeness (QED) is 0.448. The van der Waals surface area contributed by atoms with E-state index in [2.05, 4.69) is 43.7 Å². The van der Waals surface area contributed by atoms with Crippen LogP contribution in [0.3, 0.4) is 0 Å². The Kier molecular flexibility index (Phi) is 12.1. The number of nitrogen functional groups attached to an aromatic ring is 1. The molecular formula is C24H34N4OOsSU-. The van der Waals surface area contributed by atoms with Gasteiger partial charge in [0, 0.05) is 43.7 Å². The van der Waals surface area contributed by atoms with Crippen molar-refractivity contribution < 1.29 is 55.1 Å². The van der Waals surface area contributed by atoms with E-state index in [1.54, 1.807) is 4.31 Å². The monoisotopic (exact) mass is 856 g/mol. The third-order valence-electron chi connectivity index (χ3n) is 6.20. The molecule has 8 heteroatoms. The summed E-state index contributed by atoms with van der Waals surface area (Å²) < 4.78 is 13.9. The van der Waals surface area contributed by atoms with E-state index in [4.69, 9.17) is 5.73 Å². The van der Waals surface area contributed by atoms with E-state index in [0.717, 1.165) is 40.4 Å². The first-order valence-electron chi connectivity index (χ1n) is 10.8. The maximum absolute atomic E-state index is 12.2. The van der Waals surface area contributed by atoms with Gasteiger partial charge >= 0.3 is 19.8 Å². The van der Waals surface area contributed by atoms with Crippen LogP contribution in [0.4, 0.5) is 11.5 Å². The van der Waals surface area contributed by atoms with Gasteiger partial charge in [0.15, 0.2) is 0 Å². The summed E-state index contributed by atoms with van der Waals surface area (Å²) in [6.07, 6.45) is 9.69. The zero-order valence-electron chi connectivity index (χ0n) is 19.6. The van der Waals surface area contributed by atoms with Gasteiger partial charge in [-0.2, -0.15) is 18.2 Å². The van der Waals surface area contributed by atoms with E-state index in [1.807, 2.05) is 19.2 Å². The van der Waals surface area contributed by atoms with Gasteiger partial charge in [0.2, 0.25) is 0 Å². The number of rotatable bonds is 3. The SMILES string of the molecule is CC1CCCCC1.[CH2-]CS(=O)N(C)c1[c-]ccc2c1CC(C)(C)c1c(N)ncnc1-2.[Os+].[U]. The molecule has 0 amide bonds. The second-order valence-corrected chi connectivity index (χ2v) is 10.6. The molecule has 0 bridgehead atoms. The van der Waals surface area contributed by atoms with Crippen LogP contribution in [0, 0.1) is 50.0 Å². The Morgan fingerprint density at radius 3 is 2.50 bits per heavy atom. The normalized spacial score (nSPS) is 17.3. The minimum atomic E-state index is -1.17. The summed E-state index contributed by atoms with van der Waals surface area (Å²) in [5.41, 5.74) is 10.7. The fourth-order valence-electron chi connectivity index (χ4n) is 4.55. The number of benzene rings is 1. The zero-order chi connectivity index (χ0) is 21.9. The molecule has 1 aromatic heterocycles. The Hall–Kier alpha value is -0.262. The fourth-order valence-corrected chi connectivity index (χ4v) is 5.19. The van der Waals surface area contributed by atoms with Gasteiger partial charge < -0.3 is 17.0 Å². The number of nitrogens with zero attached hydrogens (tertiary/aromatic N) is 3. The Balaban J connectivity index is 0.000000489. The Morgan fingerprint density at radius 2 is 1.94 bits per heavy atom. The van der Waals surface area contributed by atoms with E-state index in [0.29, 0.717) is 11.6 Å². The molecule has 1 aromatic carbocycles. The number of aromatic nitrogens is 2. The molecule has 175 valence electrons. The summed E-state index contributed by atoms with van der Waals surface area (Å²) in [5, 5.41) is 0. The van der Waals surface area contributed by atoms with Gasteiger partial charge in [-0.15, -0.1) is 11.1 Å². The molecule has 1 radical (unpaired) electrons. The van der Waals surface area contributed by atoms with E-state index in [9.17, 15) is 4.21 Å². The molecule has 2 N–H and O–H groups in total. The number of anilines is 2. The van der Waals surface area contributed by atoms with Crippen LogP contribution in [-0.2, 0) is 42.6 Å². The van der Waals surface area contributed by atoms with Crippen LogP contribution in [0.2, 0.25) is 0 Å². The van der Waals surface area contributed by atoms with Gasteiger partial charge in [-0.25, -0.2) is 14.2 Å². The molecule has 0 aliphatic heterocycles. The standard InChI is InChI=1S/C17H20N4OS.C7H14.Os.U/c1-5-23(22)21(4)13-8-6-7-11-12(13)9-17(2,3)14-15(11)19-10-20-16(14)18;1-7-5-3-2-4-6-7;;/h6-7,10H,1,5,9H2,2-4H3,(H2,18,19,20);7H,2-6H2,1H3;;/q-2;;+1;. The van der Waals surface area contributed by atoms with E-state index < -0.39 is 11.0 Å². The van der Waals surface area contributed by atoms with Crippen molar-refractivity contribution in [2.45, 2.75) is 64.7 Å². The predicted molar refractivity (Wildman–Crippen MR) is 126 cm³/mol. The van der Waals surface area contributed by atoms with Gasteiger partial charge in [-0.1, -0.05) is 70.7 Å². The third kappa shape index (κ3) is 6.66. The average Bonchev–Trinajstić information content (AvgIpc) is 2.73. The van der Waals surface area contributed by atoms with Crippen molar-refractivity contribution in [1.29, 1.82) is 0 Å². The molecule has 1 saturated carbocycles. The zero-order valence-corrected chi connectivity index (χ0v) is 27.1. The average molecular weight is 855 g/mol. The molecule has 0 spiro atoms. The van der Waals surface area contributed by atoms with Gasteiger partial charge in [0.25, 0.3) is 0 Å². The van der Waals surface area contributed by atoms with Crippen LogP contribution >= 0.6 is 0 Å². The molecule has 2 aromatic rings. The van der Waals surface area contributed by atoms with E-state index in [1.165, 1.54) is 38.4 Å². The molecule has 32 heavy (non-hydrogen) atoms. The van der Waals surface area contributed by atoms with Crippen molar-refractivity contribution in [1.82, 2.24) is 9.97 Å². The molecule has 5 nitrogen and oxygen atoms in total. The Morgan fingerprint density at radius 1 is 1.28 bits per heavy atom. The topological polar surface area (TPSA) is 72.1 Å². The van der Waals surface area contributed by atoms with Crippen LogP contribution < -0.4 is 10.0 Å². The Bertz CT molecular complexity index is 919. The fraction of sp³-hybridized carbons (Fsp3) is 0.542. The third-order valence-corrected chi connectivity index (χ3v) is 7.34. The van der Waals surface area contributed by atoms with Crippen molar-refractivity contribution >= 4 is 22.5 Å². The Labute approximate surface area is 233 Å². The first-order valence-corrected chi connectivity index (χ1v) is 12.1. The maximum atomic E-state index is 12.2. The van der Waals surface area contributed by atoms with Crippen LogP contribution in [0.5, 0.6) is 0 Å².